The molecule has 2 heterocycles. The zero-order valence-electron chi connectivity index (χ0n) is 11.8. The van der Waals surface area contributed by atoms with Crippen molar-refractivity contribution in [2.24, 2.45) is 0 Å². The third-order valence-corrected chi connectivity index (χ3v) is 3.70. The number of rotatable bonds is 4. The van der Waals surface area contributed by atoms with Crippen molar-refractivity contribution in [1.29, 1.82) is 0 Å². The van der Waals surface area contributed by atoms with Gasteiger partial charge in [0.15, 0.2) is 5.69 Å². The molecule has 0 aliphatic heterocycles. The van der Waals surface area contributed by atoms with E-state index in [-0.39, 0.29) is 12.2 Å². The van der Waals surface area contributed by atoms with E-state index in [1.54, 1.807) is 10.9 Å². The highest BCUT2D eigenvalue weighted by Gasteiger charge is 2.34. The Morgan fingerprint density at radius 1 is 1.50 bits per heavy atom. The molecule has 10 heteroatoms. The van der Waals surface area contributed by atoms with Gasteiger partial charge in [0, 0.05) is 19.7 Å². The zero-order valence-corrected chi connectivity index (χ0v) is 13.4. The van der Waals surface area contributed by atoms with Gasteiger partial charge in [-0.1, -0.05) is 0 Å². The summed E-state index contributed by atoms with van der Waals surface area (Å²) in [7, 11) is 1.49. The van der Waals surface area contributed by atoms with Crippen LogP contribution in [-0.4, -0.2) is 37.8 Å². The van der Waals surface area contributed by atoms with Crippen LogP contribution in [0.5, 0.6) is 0 Å². The van der Waals surface area contributed by atoms with Crippen molar-refractivity contribution in [3.63, 3.8) is 0 Å². The fourth-order valence-electron chi connectivity index (χ4n) is 1.89. The summed E-state index contributed by atoms with van der Waals surface area (Å²) in [6.07, 6.45) is -2.96. The highest BCUT2D eigenvalue weighted by Crippen LogP contribution is 2.28. The van der Waals surface area contributed by atoms with Gasteiger partial charge in [-0.2, -0.15) is 23.4 Å². The SMILES string of the molecule is CCn1ncc(Br)c1CN(C)C(=O)c1cc(C(F)(F)F)[nH]n1. The number of amides is 1. The smallest absolute Gasteiger partial charge is 0.334 e. The van der Waals surface area contributed by atoms with Gasteiger partial charge >= 0.3 is 6.18 Å². The minimum atomic E-state index is -4.56. The number of nitrogens with zero attached hydrogens (tertiary/aromatic N) is 4. The summed E-state index contributed by atoms with van der Waals surface area (Å²) in [6.45, 7) is 2.71. The van der Waals surface area contributed by atoms with Gasteiger partial charge < -0.3 is 4.90 Å². The molecule has 0 unspecified atom stereocenters. The molecule has 6 nitrogen and oxygen atoms in total. The average Bonchev–Trinajstić information content (AvgIpc) is 3.05. The molecule has 22 heavy (non-hydrogen) atoms. The van der Waals surface area contributed by atoms with Crippen LogP contribution in [0.15, 0.2) is 16.7 Å². The Bertz CT molecular complexity index is 679. The zero-order chi connectivity index (χ0) is 16.5. The van der Waals surface area contributed by atoms with E-state index in [9.17, 15) is 18.0 Å². The predicted octanol–water partition coefficient (Wildman–Crippen LogP) is 2.68. The van der Waals surface area contributed by atoms with Crippen molar-refractivity contribution in [1.82, 2.24) is 24.9 Å². The first-order valence-electron chi connectivity index (χ1n) is 6.32. The Kier molecular flexibility index (Phi) is 4.59. The largest absolute Gasteiger partial charge is 0.432 e. The van der Waals surface area contributed by atoms with Crippen molar-refractivity contribution in [2.75, 3.05) is 7.05 Å². The molecular weight excluding hydrogens is 367 g/mol. The average molecular weight is 380 g/mol. The summed E-state index contributed by atoms with van der Waals surface area (Å²) >= 11 is 3.33. The first-order chi connectivity index (χ1) is 10.2. The quantitative estimate of drug-likeness (QED) is 0.887. The number of hydrogen-bond donors (Lipinski definition) is 1. The molecule has 0 spiro atoms. The summed E-state index contributed by atoms with van der Waals surface area (Å²) in [5, 5.41) is 9.37. The number of aryl methyl sites for hydroxylation is 1. The number of alkyl halides is 3. The molecular formula is C12H13BrF3N5O. The second kappa shape index (κ2) is 6.11. The Hall–Kier alpha value is -1.84. The second-order valence-electron chi connectivity index (χ2n) is 4.58. The molecule has 2 aromatic heterocycles. The predicted molar refractivity (Wildman–Crippen MR) is 75.0 cm³/mol. The highest BCUT2D eigenvalue weighted by molar-refractivity contribution is 9.10. The van der Waals surface area contributed by atoms with Crippen LogP contribution in [0.2, 0.25) is 0 Å². The molecule has 2 rings (SSSR count). The molecule has 1 amide bonds. The van der Waals surface area contributed by atoms with E-state index in [0.717, 1.165) is 10.2 Å². The monoisotopic (exact) mass is 379 g/mol. The van der Waals surface area contributed by atoms with E-state index in [0.29, 0.717) is 12.6 Å². The minimum Gasteiger partial charge on any atom is -0.334 e. The normalized spacial score (nSPS) is 11.7. The molecule has 0 bridgehead atoms. The summed E-state index contributed by atoms with van der Waals surface area (Å²) in [6, 6.07) is 0.699. The van der Waals surface area contributed by atoms with Crippen LogP contribution >= 0.6 is 15.9 Å². The standard InChI is InChI=1S/C12H13BrF3N5O/c1-3-21-9(7(13)5-17-21)6-20(2)11(22)8-4-10(19-18-8)12(14,15)16/h4-5H,3,6H2,1-2H3,(H,18,19). The minimum absolute atomic E-state index is 0.196. The van der Waals surface area contributed by atoms with E-state index >= 15 is 0 Å². The van der Waals surface area contributed by atoms with Gasteiger partial charge in [-0.25, -0.2) is 0 Å². The Morgan fingerprint density at radius 3 is 2.73 bits per heavy atom. The van der Waals surface area contributed by atoms with Crippen LogP contribution in [0.25, 0.3) is 0 Å². The van der Waals surface area contributed by atoms with Gasteiger partial charge in [0.05, 0.1) is 22.9 Å². The van der Waals surface area contributed by atoms with Gasteiger partial charge in [0.2, 0.25) is 0 Å². The number of carbonyl (C=O) groups excluding carboxylic acids is 1. The maximum Gasteiger partial charge on any atom is 0.432 e. The molecule has 0 aliphatic carbocycles. The molecule has 0 saturated carbocycles. The fraction of sp³-hybridized carbons (Fsp3) is 0.417. The summed E-state index contributed by atoms with van der Waals surface area (Å²) < 4.78 is 39.9. The highest BCUT2D eigenvalue weighted by atomic mass is 79.9. The Morgan fingerprint density at radius 2 is 2.18 bits per heavy atom. The van der Waals surface area contributed by atoms with Gasteiger partial charge in [-0.05, 0) is 22.9 Å². The lowest BCUT2D eigenvalue weighted by atomic mass is 10.3. The van der Waals surface area contributed by atoms with Crippen LogP contribution in [0.4, 0.5) is 13.2 Å². The molecule has 120 valence electrons. The van der Waals surface area contributed by atoms with E-state index < -0.39 is 17.8 Å². The van der Waals surface area contributed by atoms with Crippen molar-refractivity contribution in [3.8, 4) is 0 Å². The first-order valence-corrected chi connectivity index (χ1v) is 7.11. The molecule has 0 saturated heterocycles. The molecule has 2 aromatic rings. The lowest BCUT2D eigenvalue weighted by Crippen LogP contribution is -2.28. The maximum atomic E-state index is 12.5. The fourth-order valence-corrected chi connectivity index (χ4v) is 2.31. The lowest BCUT2D eigenvalue weighted by molar-refractivity contribution is -0.141. The summed E-state index contributed by atoms with van der Waals surface area (Å²) in [5.74, 6) is -0.609. The Balaban J connectivity index is 2.15. The van der Waals surface area contributed by atoms with Gasteiger partial charge in [0.25, 0.3) is 5.91 Å². The van der Waals surface area contributed by atoms with Crippen LogP contribution in [0.1, 0.15) is 28.8 Å². The first kappa shape index (κ1) is 16.5. The Labute approximate surface area is 132 Å². The van der Waals surface area contributed by atoms with Gasteiger partial charge in [-0.3, -0.25) is 14.6 Å². The van der Waals surface area contributed by atoms with Gasteiger partial charge in [-0.15, -0.1) is 0 Å². The lowest BCUT2D eigenvalue weighted by Gasteiger charge is -2.17. The molecule has 0 aliphatic rings. The van der Waals surface area contributed by atoms with E-state index in [1.807, 2.05) is 12.0 Å². The molecule has 0 aromatic carbocycles. The maximum absolute atomic E-state index is 12.5. The second-order valence-corrected chi connectivity index (χ2v) is 5.44. The topological polar surface area (TPSA) is 66.8 Å². The summed E-state index contributed by atoms with van der Waals surface area (Å²) in [5.41, 5.74) is -0.581. The molecule has 0 radical (unpaired) electrons. The number of nitrogens with one attached hydrogen (secondary N) is 1. The van der Waals surface area contributed by atoms with E-state index in [2.05, 4.69) is 26.1 Å². The van der Waals surface area contributed by atoms with Crippen LogP contribution in [0.3, 0.4) is 0 Å². The number of hydrogen-bond acceptors (Lipinski definition) is 3. The molecule has 1 N–H and O–H groups in total. The van der Waals surface area contributed by atoms with E-state index in [1.165, 1.54) is 11.9 Å². The van der Waals surface area contributed by atoms with E-state index in [4.69, 9.17) is 0 Å². The summed E-state index contributed by atoms with van der Waals surface area (Å²) in [4.78, 5) is 13.4. The van der Waals surface area contributed by atoms with Crippen LogP contribution in [-0.2, 0) is 19.3 Å². The van der Waals surface area contributed by atoms with Crippen LogP contribution < -0.4 is 0 Å². The van der Waals surface area contributed by atoms with Crippen molar-refractivity contribution >= 4 is 21.8 Å². The number of aromatic nitrogens is 4. The van der Waals surface area contributed by atoms with Crippen molar-refractivity contribution < 1.29 is 18.0 Å². The third-order valence-electron chi connectivity index (χ3n) is 3.03. The number of aromatic amines is 1. The van der Waals surface area contributed by atoms with Crippen LogP contribution in [0, 0.1) is 0 Å². The third kappa shape index (κ3) is 3.32. The van der Waals surface area contributed by atoms with Crippen molar-refractivity contribution in [3.05, 3.63) is 33.8 Å². The number of carbonyl (C=O) groups is 1. The molecule has 0 fully saturated rings. The number of halogens is 4. The van der Waals surface area contributed by atoms with Gasteiger partial charge in [0.1, 0.15) is 5.69 Å². The molecule has 0 atom stereocenters. The number of H-pyrrole nitrogens is 1. The van der Waals surface area contributed by atoms with Crippen molar-refractivity contribution in [2.45, 2.75) is 26.2 Å².